The minimum absolute atomic E-state index is 0.203. The quantitative estimate of drug-likeness (QED) is 0.707. The third-order valence-corrected chi connectivity index (χ3v) is 4.48. The molecule has 0 N–H and O–H groups in total. The smallest absolute Gasteiger partial charge is 0.166 e. The molecule has 3 rings (SSSR count). The maximum Gasteiger partial charge on any atom is 0.166 e. The second-order valence-corrected chi connectivity index (χ2v) is 5.68. The summed E-state index contributed by atoms with van der Waals surface area (Å²) in [6, 6.07) is 6.37. The van der Waals surface area contributed by atoms with Crippen molar-refractivity contribution in [2.45, 2.75) is 51.4 Å². The van der Waals surface area contributed by atoms with Crippen LogP contribution in [0, 0.1) is 5.92 Å². The molecule has 1 nitrogen and oxygen atoms in total. The van der Waals surface area contributed by atoms with E-state index in [4.69, 9.17) is 0 Å². The highest BCUT2D eigenvalue weighted by Gasteiger charge is 2.30. The van der Waals surface area contributed by atoms with Crippen molar-refractivity contribution in [3.05, 3.63) is 34.9 Å². The van der Waals surface area contributed by atoms with E-state index in [1.165, 1.54) is 43.2 Å². The van der Waals surface area contributed by atoms with E-state index in [1.807, 2.05) is 6.07 Å². The van der Waals surface area contributed by atoms with Crippen LogP contribution >= 0.6 is 0 Å². The predicted octanol–water partition coefficient (Wildman–Crippen LogP) is 4.11. The molecule has 1 heteroatoms. The van der Waals surface area contributed by atoms with E-state index in [0.717, 1.165) is 17.9 Å². The number of carbonyl (C=O) groups excluding carboxylic acids is 1. The molecular formula is C16H20O. The second-order valence-electron chi connectivity index (χ2n) is 5.68. The number of ketones is 1. The number of hydrogen-bond acceptors (Lipinski definition) is 1. The highest BCUT2D eigenvalue weighted by atomic mass is 16.1. The molecule has 1 fully saturated rings. The molecule has 2 aliphatic rings. The third-order valence-electron chi connectivity index (χ3n) is 4.48. The van der Waals surface area contributed by atoms with Crippen LogP contribution in [0.15, 0.2) is 18.2 Å². The molecule has 0 amide bonds. The lowest BCUT2D eigenvalue weighted by Crippen LogP contribution is -2.07. The van der Waals surface area contributed by atoms with Crippen LogP contribution in [-0.4, -0.2) is 5.78 Å². The van der Waals surface area contributed by atoms with Crippen molar-refractivity contribution in [3.8, 4) is 0 Å². The van der Waals surface area contributed by atoms with E-state index in [0.29, 0.717) is 5.78 Å². The zero-order valence-electron chi connectivity index (χ0n) is 10.5. The first-order valence-electron chi connectivity index (χ1n) is 6.93. The summed E-state index contributed by atoms with van der Waals surface area (Å²) in [4.78, 5) is 12.0. The van der Waals surface area contributed by atoms with Crippen LogP contribution in [0.1, 0.15) is 66.4 Å². The first-order valence-corrected chi connectivity index (χ1v) is 6.93. The van der Waals surface area contributed by atoms with Crippen molar-refractivity contribution in [2.75, 3.05) is 0 Å². The Morgan fingerprint density at radius 3 is 2.65 bits per heavy atom. The molecule has 0 spiro atoms. The maximum atomic E-state index is 12.0. The lowest BCUT2D eigenvalue weighted by atomic mass is 9.81. The van der Waals surface area contributed by atoms with Gasteiger partial charge in [-0.3, -0.25) is 4.79 Å². The van der Waals surface area contributed by atoms with Gasteiger partial charge in [0.05, 0.1) is 0 Å². The number of hydrogen-bond donors (Lipinski definition) is 0. The minimum atomic E-state index is 0.203. The van der Waals surface area contributed by atoms with E-state index >= 15 is 0 Å². The van der Waals surface area contributed by atoms with Gasteiger partial charge in [0, 0.05) is 11.5 Å². The van der Waals surface area contributed by atoms with E-state index in [-0.39, 0.29) is 5.92 Å². The Bertz CT molecular complexity index is 441. The topological polar surface area (TPSA) is 17.1 Å². The van der Waals surface area contributed by atoms with Gasteiger partial charge in [0.15, 0.2) is 5.78 Å². The summed E-state index contributed by atoms with van der Waals surface area (Å²) in [6.07, 6.45) is 7.72. The summed E-state index contributed by atoms with van der Waals surface area (Å²) in [5, 5.41) is 0. The fourth-order valence-corrected chi connectivity index (χ4v) is 3.52. The van der Waals surface area contributed by atoms with E-state index in [2.05, 4.69) is 19.1 Å². The Morgan fingerprint density at radius 2 is 1.88 bits per heavy atom. The molecular weight excluding hydrogens is 208 g/mol. The SMILES string of the molecule is CC1Cc2c(cccc2C2CCCCC2)C1=O. The molecule has 1 atom stereocenters. The molecule has 1 aromatic carbocycles. The summed E-state index contributed by atoms with van der Waals surface area (Å²) in [5.74, 6) is 1.28. The highest BCUT2D eigenvalue weighted by molar-refractivity contribution is 6.02. The lowest BCUT2D eigenvalue weighted by Gasteiger charge is -2.24. The summed E-state index contributed by atoms with van der Waals surface area (Å²) < 4.78 is 0. The number of benzene rings is 1. The second kappa shape index (κ2) is 4.29. The average Bonchev–Trinajstić information content (AvgIpc) is 2.67. The molecule has 17 heavy (non-hydrogen) atoms. The van der Waals surface area contributed by atoms with Gasteiger partial charge in [0.2, 0.25) is 0 Å². The van der Waals surface area contributed by atoms with Crippen LogP contribution in [0.2, 0.25) is 0 Å². The van der Waals surface area contributed by atoms with E-state index in [9.17, 15) is 4.79 Å². The monoisotopic (exact) mass is 228 g/mol. The van der Waals surface area contributed by atoms with Crippen LogP contribution in [0.3, 0.4) is 0 Å². The van der Waals surface area contributed by atoms with Gasteiger partial charge in [-0.15, -0.1) is 0 Å². The van der Waals surface area contributed by atoms with Crippen molar-refractivity contribution in [1.29, 1.82) is 0 Å². The van der Waals surface area contributed by atoms with Gasteiger partial charge in [-0.05, 0) is 36.3 Å². The van der Waals surface area contributed by atoms with Crippen LogP contribution in [0.4, 0.5) is 0 Å². The number of rotatable bonds is 1. The summed E-state index contributed by atoms with van der Waals surface area (Å²) in [6.45, 7) is 2.06. The van der Waals surface area contributed by atoms with Crippen LogP contribution in [0.25, 0.3) is 0 Å². The first-order chi connectivity index (χ1) is 8.27. The molecule has 0 aromatic heterocycles. The summed E-state index contributed by atoms with van der Waals surface area (Å²) in [5.41, 5.74) is 3.87. The molecule has 0 radical (unpaired) electrons. The molecule has 1 aromatic rings. The third kappa shape index (κ3) is 1.82. The molecule has 0 aliphatic heterocycles. The molecule has 1 saturated carbocycles. The average molecular weight is 228 g/mol. The van der Waals surface area contributed by atoms with Gasteiger partial charge >= 0.3 is 0 Å². The zero-order chi connectivity index (χ0) is 11.8. The highest BCUT2D eigenvalue weighted by Crippen LogP contribution is 2.38. The minimum Gasteiger partial charge on any atom is -0.294 e. The lowest BCUT2D eigenvalue weighted by molar-refractivity contribution is 0.0946. The van der Waals surface area contributed by atoms with Crippen molar-refractivity contribution < 1.29 is 4.79 Å². The van der Waals surface area contributed by atoms with Crippen LogP contribution in [-0.2, 0) is 6.42 Å². The van der Waals surface area contributed by atoms with E-state index < -0.39 is 0 Å². The number of Topliss-reactive ketones (excluding diaryl/α,β-unsaturated/α-hetero) is 1. The molecule has 0 bridgehead atoms. The van der Waals surface area contributed by atoms with E-state index in [1.54, 1.807) is 0 Å². The normalized spacial score (nSPS) is 25.0. The van der Waals surface area contributed by atoms with Crippen molar-refractivity contribution in [2.24, 2.45) is 5.92 Å². The molecule has 1 unspecified atom stereocenters. The molecule has 90 valence electrons. The molecule has 0 heterocycles. The zero-order valence-corrected chi connectivity index (χ0v) is 10.5. The number of carbonyl (C=O) groups is 1. The van der Waals surface area contributed by atoms with Crippen molar-refractivity contribution in [3.63, 3.8) is 0 Å². The van der Waals surface area contributed by atoms with Gasteiger partial charge in [-0.25, -0.2) is 0 Å². The standard InChI is InChI=1S/C16H20O/c1-11-10-15-13(12-6-3-2-4-7-12)8-5-9-14(15)16(11)17/h5,8-9,11-12H,2-4,6-7,10H2,1H3. The maximum absolute atomic E-state index is 12.0. The summed E-state index contributed by atoms with van der Waals surface area (Å²) >= 11 is 0. The Balaban J connectivity index is 1.99. The van der Waals surface area contributed by atoms with Crippen LogP contribution < -0.4 is 0 Å². The Morgan fingerprint density at radius 1 is 1.12 bits per heavy atom. The van der Waals surface area contributed by atoms with Gasteiger partial charge in [-0.2, -0.15) is 0 Å². The fraction of sp³-hybridized carbons (Fsp3) is 0.562. The Labute approximate surface area is 103 Å². The van der Waals surface area contributed by atoms with Crippen LogP contribution in [0.5, 0.6) is 0 Å². The largest absolute Gasteiger partial charge is 0.294 e. The molecule has 0 saturated heterocycles. The van der Waals surface area contributed by atoms with Gasteiger partial charge in [0.1, 0.15) is 0 Å². The van der Waals surface area contributed by atoms with Gasteiger partial charge in [0.25, 0.3) is 0 Å². The molecule has 2 aliphatic carbocycles. The van der Waals surface area contributed by atoms with Gasteiger partial charge < -0.3 is 0 Å². The number of fused-ring (bicyclic) bond motifs is 1. The summed E-state index contributed by atoms with van der Waals surface area (Å²) in [7, 11) is 0. The van der Waals surface area contributed by atoms with Gasteiger partial charge in [-0.1, -0.05) is 44.4 Å². The Kier molecular flexibility index (Phi) is 2.78. The van der Waals surface area contributed by atoms with Crippen molar-refractivity contribution >= 4 is 5.78 Å². The predicted molar refractivity (Wildman–Crippen MR) is 69.5 cm³/mol. The Hall–Kier alpha value is -1.11. The fourth-order valence-electron chi connectivity index (χ4n) is 3.52. The van der Waals surface area contributed by atoms with Crippen molar-refractivity contribution in [1.82, 2.24) is 0 Å². The first kappa shape index (κ1) is 11.0.